The molecule has 0 atom stereocenters. The van der Waals surface area contributed by atoms with Crippen LogP contribution in [-0.2, 0) is 22.6 Å². The lowest BCUT2D eigenvalue weighted by Crippen LogP contribution is -2.13. The Morgan fingerprint density at radius 3 is 3.06 bits per heavy atom. The molecule has 0 aromatic heterocycles. The molecule has 1 aromatic rings. The lowest BCUT2D eigenvalue weighted by molar-refractivity contribution is -0.137. The SMILES string of the molecule is Cc1c(CCCC(=O)O)ccc2c1COCO2. The number of benzene rings is 1. The van der Waals surface area contributed by atoms with Crippen molar-refractivity contribution in [2.45, 2.75) is 32.8 Å². The summed E-state index contributed by atoms with van der Waals surface area (Å²) < 4.78 is 10.6. The van der Waals surface area contributed by atoms with Crippen molar-refractivity contribution in [3.05, 3.63) is 28.8 Å². The standard InChI is InChI=1S/C13H16O4/c1-9-10(3-2-4-13(14)15)5-6-12-11(9)7-16-8-17-12/h5-6H,2-4,7-8H2,1H3,(H,14,15). The van der Waals surface area contributed by atoms with Crippen molar-refractivity contribution in [1.82, 2.24) is 0 Å². The first-order valence-corrected chi connectivity index (χ1v) is 5.72. The summed E-state index contributed by atoms with van der Waals surface area (Å²) in [4.78, 5) is 10.5. The topological polar surface area (TPSA) is 55.8 Å². The Kier molecular flexibility index (Phi) is 3.64. The number of hydrogen-bond donors (Lipinski definition) is 1. The van der Waals surface area contributed by atoms with Gasteiger partial charge in [-0.25, -0.2) is 0 Å². The number of ether oxygens (including phenoxy) is 2. The maximum atomic E-state index is 10.5. The van der Waals surface area contributed by atoms with E-state index in [0.29, 0.717) is 19.8 Å². The predicted molar refractivity (Wildman–Crippen MR) is 62.0 cm³/mol. The van der Waals surface area contributed by atoms with Crippen molar-refractivity contribution < 1.29 is 19.4 Å². The normalized spacial score (nSPS) is 13.9. The van der Waals surface area contributed by atoms with Gasteiger partial charge in [-0.05, 0) is 37.0 Å². The summed E-state index contributed by atoms with van der Waals surface area (Å²) in [6.07, 6.45) is 1.66. The fourth-order valence-electron chi connectivity index (χ4n) is 2.04. The van der Waals surface area contributed by atoms with Gasteiger partial charge in [0.15, 0.2) is 6.79 Å². The van der Waals surface area contributed by atoms with E-state index in [1.165, 1.54) is 5.56 Å². The summed E-state index contributed by atoms with van der Waals surface area (Å²) in [6.45, 7) is 2.92. The van der Waals surface area contributed by atoms with Crippen molar-refractivity contribution in [1.29, 1.82) is 0 Å². The number of carbonyl (C=O) groups is 1. The second kappa shape index (κ2) is 5.19. The van der Waals surface area contributed by atoms with E-state index < -0.39 is 5.97 Å². The van der Waals surface area contributed by atoms with Crippen LogP contribution in [0.1, 0.15) is 29.5 Å². The first-order valence-electron chi connectivity index (χ1n) is 5.72. The Balaban J connectivity index is 2.10. The second-order valence-corrected chi connectivity index (χ2v) is 4.18. The van der Waals surface area contributed by atoms with Crippen molar-refractivity contribution in [2.75, 3.05) is 6.79 Å². The summed E-state index contributed by atoms with van der Waals surface area (Å²) in [7, 11) is 0. The highest BCUT2D eigenvalue weighted by molar-refractivity contribution is 5.66. The number of aliphatic carboxylic acids is 1. The van der Waals surface area contributed by atoms with Gasteiger partial charge in [-0.2, -0.15) is 0 Å². The number of rotatable bonds is 4. The van der Waals surface area contributed by atoms with Gasteiger partial charge in [0.1, 0.15) is 5.75 Å². The molecule has 0 bridgehead atoms. The van der Waals surface area contributed by atoms with Crippen molar-refractivity contribution in [3.63, 3.8) is 0 Å². The van der Waals surface area contributed by atoms with Crippen LogP contribution in [0.15, 0.2) is 12.1 Å². The van der Waals surface area contributed by atoms with Crippen molar-refractivity contribution >= 4 is 5.97 Å². The van der Waals surface area contributed by atoms with Gasteiger partial charge in [-0.15, -0.1) is 0 Å². The number of fused-ring (bicyclic) bond motifs is 1. The minimum Gasteiger partial charge on any atom is -0.481 e. The number of hydrogen-bond acceptors (Lipinski definition) is 3. The van der Waals surface area contributed by atoms with Crippen molar-refractivity contribution in [2.24, 2.45) is 0 Å². The van der Waals surface area contributed by atoms with Crippen LogP contribution in [-0.4, -0.2) is 17.9 Å². The highest BCUT2D eigenvalue weighted by atomic mass is 16.7. The molecule has 0 amide bonds. The van der Waals surface area contributed by atoms with E-state index in [1.807, 2.05) is 19.1 Å². The first-order chi connectivity index (χ1) is 8.18. The van der Waals surface area contributed by atoms with Crippen molar-refractivity contribution in [3.8, 4) is 5.75 Å². The molecule has 0 fully saturated rings. The number of aryl methyl sites for hydroxylation is 1. The van der Waals surface area contributed by atoms with Crippen LogP contribution in [0.5, 0.6) is 5.75 Å². The van der Waals surface area contributed by atoms with E-state index in [1.54, 1.807) is 0 Å². The smallest absolute Gasteiger partial charge is 0.303 e. The molecule has 1 N–H and O–H groups in total. The van der Waals surface area contributed by atoms with E-state index in [4.69, 9.17) is 14.6 Å². The molecule has 0 radical (unpaired) electrons. The van der Waals surface area contributed by atoms with E-state index in [0.717, 1.165) is 23.3 Å². The molecule has 4 heteroatoms. The zero-order chi connectivity index (χ0) is 12.3. The molecule has 0 aliphatic carbocycles. The van der Waals surface area contributed by atoms with Gasteiger partial charge in [-0.1, -0.05) is 6.07 Å². The van der Waals surface area contributed by atoms with E-state index >= 15 is 0 Å². The van der Waals surface area contributed by atoms with E-state index in [-0.39, 0.29) is 6.42 Å². The molecule has 1 aliphatic rings. The lowest BCUT2D eigenvalue weighted by Gasteiger charge is -2.21. The van der Waals surface area contributed by atoms with Crippen LogP contribution in [0, 0.1) is 6.92 Å². The Hall–Kier alpha value is -1.55. The Bertz CT molecular complexity index is 426. The molecule has 1 aromatic carbocycles. The molecular formula is C13H16O4. The van der Waals surface area contributed by atoms with Crippen LogP contribution in [0.3, 0.4) is 0 Å². The van der Waals surface area contributed by atoms with E-state index in [2.05, 4.69) is 0 Å². The molecule has 1 aliphatic heterocycles. The summed E-state index contributed by atoms with van der Waals surface area (Å²) in [5.74, 6) is 0.142. The van der Waals surface area contributed by atoms with Crippen LogP contribution in [0.2, 0.25) is 0 Å². The Morgan fingerprint density at radius 1 is 1.47 bits per heavy atom. The van der Waals surface area contributed by atoms with Crippen LogP contribution < -0.4 is 4.74 Å². The summed E-state index contributed by atoms with van der Waals surface area (Å²) in [6, 6.07) is 3.96. The molecule has 4 nitrogen and oxygen atoms in total. The Labute approximate surface area is 100 Å². The molecule has 92 valence electrons. The predicted octanol–water partition coefficient (Wildman–Crippen LogP) is 2.27. The molecular weight excluding hydrogens is 220 g/mol. The maximum Gasteiger partial charge on any atom is 0.303 e. The number of carboxylic acid groups (broad SMARTS) is 1. The molecule has 0 unspecified atom stereocenters. The maximum absolute atomic E-state index is 10.5. The van der Waals surface area contributed by atoms with Gasteiger partial charge in [-0.3, -0.25) is 4.79 Å². The third kappa shape index (κ3) is 2.77. The minimum atomic E-state index is -0.743. The van der Waals surface area contributed by atoms with Gasteiger partial charge in [0, 0.05) is 12.0 Å². The molecule has 17 heavy (non-hydrogen) atoms. The van der Waals surface area contributed by atoms with E-state index in [9.17, 15) is 4.79 Å². The summed E-state index contributed by atoms with van der Waals surface area (Å²) in [5, 5.41) is 8.61. The monoisotopic (exact) mass is 236 g/mol. The summed E-state index contributed by atoms with van der Waals surface area (Å²) >= 11 is 0. The highest BCUT2D eigenvalue weighted by Crippen LogP contribution is 2.29. The third-order valence-corrected chi connectivity index (χ3v) is 3.05. The number of carboxylic acids is 1. The average Bonchev–Trinajstić information content (AvgIpc) is 2.32. The molecule has 2 rings (SSSR count). The van der Waals surface area contributed by atoms with Gasteiger partial charge in [0.2, 0.25) is 0 Å². The molecule has 0 saturated heterocycles. The quantitative estimate of drug-likeness (QED) is 0.871. The van der Waals surface area contributed by atoms with Gasteiger partial charge >= 0.3 is 5.97 Å². The fraction of sp³-hybridized carbons (Fsp3) is 0.462. The zero-order valence-corrected chi connectivity index (χ0v) is 9.86. The summed E-state index contributed by atoms with van der Waals surface area (Å²) in [5.41, 5.74) is 3.43. The zero-order valence-electron chi connectivity index (χ0n) is 9.86. The molecule has 0 spiro atoms. The van der Waals surface area contributed by atoms with Gasteiger partial charge in [0.05, 0.1) is 6.61 Å². The second-order valence-electron chi connectivity index (χ2n) is 4.18. The Morgan fingerprint density at radius 2 is 2.29 bits per heavy atom. The minimum absolute atomic E-state index is 0.212. The van der Waals surface area contributed by atoms with Crippen LogP contribution >= 0.6 is 0 Å². The lowest BCUT2D eigenvalue weighted by atomic mass is 9.97. The average molecular weight is 236 g/mol. The van der Waals surface area contributed by atoms with Gasteiger partial charge < -0.3 is 14.6 Å². The van der Waals surface area contributed by atoms with Crippen LogP contribution in [0.4, 0.5) is 0 Å². The first kappa shape index (κ1) is 11.9. The molecule has 0 saturated carbocycles. The highest BCUT2D eigenvalue weighted by Gasteiger charge is 2.15. The molecule has 1 heterocycles. The fourth-order valence-corrected chi connectivity index (χ4v) is 2.04. The van der Waals surface area contributed by atoms with Crippen LogP contribution in [0.25, 0.3) is 0 Å². The third-order valence-electron chi connectivity index (χ3n) is 3.05. The van der Waals surface area contributed by atoms with Gasteiger partial charge in [0.25, 0.3) is 0 Å². The largest absolute Gasteiger partial charge is 0.481 e.